The number of rotatable bonds is 5. The molecule has 154 valence electrons. The van der Waals surface area contributed by atoms with Gasteiger partial charge in [0.05, 0.1) is 18.4 Å². The number of aromatic nitrogens is 1. The van der Waals surface area contributed by atoms with Crippen LogP contribution < -0.4 is 14.8 Å². The number of alkyl halides is 3. The van der Waals surface area contributed by atoms with Crippen LogP contribution in [0.1, 0.15) is 18.4 Å². The van der Waals surface area contributed by atoms with Gasteiger partial charge in [0.15, 0.2) is 0 Å². The molecule has 2 heterocycles. The van der Waals surface area contributed by atoms with Crippen LogP contribution in [0.15, 0.2) is 36.5 Å². The maximum absolute atomic E-state index is 12.6. The molecule has 2 amide bonds. The molecule has 0 saturated carbocycles. The van der Waals surface area contributed by atoms with Crippen LogP contribution in [-0.4, -0.2) is 41.9 Å². The largest absolute Gasteiger partial charge is 0.495 e. The molecule has 1 atom stereocenters. The van der Waals surface area contributed by atoms with Gasteiger partial charge >= 0.3 is 6.18 Å². The van der Waals surface area contributed by atoms with E-state index in [-0.39, 0.29) is 23.4 Å². The van der Waals surface area contributed by atoms with Crippen LogP contribution in [0.5, 0.6) is 17.4 Å². The average molecular weight is 409 g/mol. The van der Waals surface area contributed by atoms with E-state index in [0.717, 1.165) is 12.1 Å². The molecule has 2 aromatic rings. The van der Waals surface area contributed by atoms with Crippen molar-refractivity contribution < 1.29 is 32.2 Å². The van der Waals surface area contributed by atoms with E-state index in [9.17, 15) is 22.8 Å². The second-order valence-electron chi connectivity index (χ2n) is 6.40. The number of ether oxygens (including phenoxy) is 2. The van der Waals surface area contributed by atoms with Gasteiger partial charge in [0, 0.05) is 31.8 Å². The molecule has 29 heavy (non-hydrogen) atoms. The molecule has 0 radical (unpaired) electrons. The van der Waals surface area contributed by atoms with Gasteiger partial charge in [-0.3, -0.25) is 9.59 Å². The molecule has 10 heteroatoms. The van der Waals surface area contributed by atoms with E-state index in [4.69, 9.17) is 9.47 Å². The molecular formula is C19H18F3N3O4. The zero-order valence-electron chi connectivity index (χ0n) is 15.6. The Kier molecular flexibility index (Phi) is 5.62. The summed E-state index contributed by atoms with van der Waals surface area (Å²) in [6.45, 7) is 0. The Balaban J connectivity index is 1.76. The van der Waals surface area contributed by atoms with Gasteiger partial charge in [-0.05, 0) is 24.6 Å². The number of hydrogen-bond acceptors (Lipinski definition) is 5. The summed E-state index contributed by atoms with van der Waals surface area (Å²) in [5, 5.41) is 2.70. The second-order valence-corrected chi connectivity index (χ2v) is 6.40. The number of amides is 2. The summed E-state index contributed by atoms with van der Waals surface area (Å²) >= 11 is 0. The fourth-order valence-electron chi connectivity index (χ4n) is 2.90. The van der Waals surface area contributed by atoms with Crippen molar-refractivity contribution in [3.8, 4) is 17.4 Å². The zero-order chi connectivity index (χ0) is 21.2. The van der Waals surface area contributed by atoms with E-state index in [1.54, 1.807) is 13.1 Å². The van der Waals surface area contributed by atoms with Gasteiger partial charge in [0.1, 0.15) is 17.5 Å². The molecule has 7 nitrogen and oxygen atoms in total. The van der Waals surface area contributed by atoms with E-state index in [1.807, 2.05) is 0 Å². The number of likely N-dealkylation sites (tertiary alicyclic amines) is 1. The summed E-state index contributed by atoms with van der Waals surface area (Å²) in [4.78, 5) is 29.2. The third kappa shape index (κ3) is 4.58. The summed E-state index contributed by atoms with van der Waals surface area (Å²) in [5.74, 6) is 0.0767. The van der Waals surface area contributed by atoms with E-state index < -0.39 is 17.8 Å². The summed E-state index contributed by atoms with van der Waals surface area (Å²) in [5.41, 5.74) is -0.586. The Morgan fingerprint density at radius 3 is 2.59 bits per heavy atom. The fraction of sp³-hybridized carbons (Fsp3) is 0.316. The number of pyridine rings is 1. The monoisotopic (exact) mass is 409 g/mol. The first kappa shape index (κ1) is 20.4. The smallest absolute Gasteiger partial charge is 0.417 e. The minimum atomic E-state index is -4.49. The molecule has 1 aliphatic heterocycles. The highest BCUT2D eigenvalue weighted by molar-refractivity contribution is 5.99. The molecule has 0 spiro atoms. The Hall–Kier alpha value is -3.30. The number of carbonyl (C=O) groups is 2. The Labute approximate surface area is 164 Å². The quantitative estimate of drug-likeness (QED) is 0.818. The number of halogens is 3. The van der Waals surface area contributed by atoms with Crippen molar-refractivity contribution in [3.05, 3.63) is 42.1 Å². The normalized spacial score (nSPS) is 16.7. The van der Waals surface area contributed by atoms with Gasteiger partial charge in [0.2, 0.25) is 17.7 Å². The fourth-order valence-corrected chi connectivity index (χ4v) is 2.90. The first-order valence-corrected chi connectivity index (χ1v) is 8.64. The highest BCUT2D eigenvalue weighted by atomic mass is 19.4. The number of hydrogen-bond donors (Lipinski definition) is 1. The van der Waals surface area contributed by atoms with Gasteiger partial charge in [0.25, 0.3) is 0 Å². The molecular weight excluding hydrogens is 391 g/mol. The van der Waals surface area contributed by atoms with Gasteiger partial charge in [-0.2, -0.15) is 13.2 Å². The molecule has 0 bridgehead atoms. The lowest BCUT2D eigenvalue weighted by molar-refractivity contribution is -0.137. The van der Waals surface area contributed by atoms with Crippen molar-refractivity contribution in [1.29, 1.82) is 0 Å². The van der Waals surface area contributed by atoms with Crippen molar-refractivity contribution in [2.24, 2.45) is 0 Å². The van der Waals surface area contributed by atoms with Gasteiger partial charge in [-0.1, -0.05) is 0 Å². The number of benzene rings is 1. The van der Waals surface area contributed by atoms with E-state index >= 15 is 0 Å². The zero-order valence-corrected chi connectivity index (χ0v) is 15.6. The third-order valence-corrected chi connectivity index (χ3v) is 4.51. The van der Waals surface area contributed by atoms with Crippen molar-refractivity contribution in [2.45, 2.75) is 25.1 Å². The van der Waals surface area contributed by atoms with Gasteiger partial charge < -0.3 is 19.7 Å². The standard InChI is InChI=1S/C19H18F3N3O4/c1-25-14(5-8-17(25)26)18(27)24-13-9-12(4-6-15(13)28-2)29-16-7-3-11(10-23-16)19(20,21)22/h3-4,6-7,9-10,14H,5,8H2,1-2H3,(H,24,27). The van der Waals surface area contributed by atoms with Crippen molar-refractivity contribution in [3.63, 3.8) is 0 Å². The van der Waals surface area contributed by atoms with Gasteiger partial charge in [-0.15, -0.1) is 0 Å². The number of nitrogens with one attached hydrogen (secondary N) is 1. The second kappa shape index (κ2) is 7.98. The predicted octanol–water partition coefficient (Wildman–Crippen LogP) is 3.46. The molecule has 3 rings (SSSR count). The van der Waals surface area contributed by atoms with Crippen LogP contribution in [0.2, 0.25) is 0 Å². The summed E-state index contributed by atoms with van der Waals surface area (Å²) in [7, 11) is 2.99. The van der Waals surface area contributed by atoms with Crippen LogP contribution in [0.3, 0.4) is 0 Å². The Morgan fingerprint density at radius 2 is 2.03 bits per heavy atom. The highest BCUT2D eigenvalue weighted by Gasteiger charge is 2.33. The van der Waals surface area contributed by atoms with E-state index in [0.29, 0.717) is 30.5 Å². The van der Waals surface area contributed by atoms with Crippen LogP contribution in [0.25, 0.3) is 0 Å². The molecule has 1 fully saturated rings. The Morgan fingerprint density at radius 1 is 1.28 bits per heavy atom. The van der Waals surface area contributed by atoms with Crippen molar-refractivity contribution >= 4 is 17.5 Å². The predicted molar refractivity (Wildman–Crippen MR) is 96.7 cm³/mol. The SMILES string of the molecule is COc1ccc(Oc2ccc(C(F)(F)F)cn2)cc1NC(=O)C1CCC(=O)N1C. The van der Waals surface area contributed by atoms with Crippen molar-refractivity contribution in [2.75, 3.05) is 19.5 Å². The minimum Gasteiger partial charge on any atom is -0.495 e. The Bertz CT molecular complexity index is 916. The number of carbonyl (C=O) groups excluding carboxylic acids is 2. The number of likely N-dealkylation sites (N-methyl/N-ethyl adjacent to an activating group) is 1. The van der Waals surface area contributed by atoms with Crippen molar-refractivity contribution in [1.82, 2.24) is 9.88 Å². The molecule has 1 aliphatic rings. The first-order valence-electron chi connectivity index (χ1n) is 8.64. The number of anilines is 1. The first-order chi connectivity index (χ1) is 13.7. The molecule has 0 aliphatic carbocycles. The highest BCUT2D eigenvalue weighted by Crippen LogP contribution is 2.33. The average Bonchev–Trinajstić information content (AvgIpc) is 3.00. The number of nitrogens with zero attached hydrogens (tertiary/aromatic N) is 2. The third-order valence-electron chi connectivity index (χ3n) is 4.51. The lowest BCUT2D eigenvalue weighted by Gasteiger charge is -2.20. The van der Waals surface area contributed by atoms with Crippen LogP contribution in [0.4, 0.5) is 18.9 Å². The lowest BCUT2D eigenvalue weighted by Crippen LogP contribution is -2.38. The lowest BCUT2D eigenvalue weighted by atomic mass is 10.2. The summed E-state index contributed by atoms with van der Waals surface area (Å²) in [6, 6.07) is 5.91. The van der Waals surface area contributed by atoms with E-state index in [1.165, 1.54) is 24.1 Å². The van der Waals surface area contributed by atoms with Crippen LogP contribution in [0, 0.1) is 0 Å². The maximum atomic E-state index is 12.6. The molecule has 1 N–H and O–H groups in total. The summed E-state index contributed by atoms with van der Waals surface area (Å²) in [6.07, 6.45) is -3.10. The number of methoxy groups -OCH3 is 1. The molecule has 1 aromatic heterocycles. The molecule has 1 unspecified atom stereocenters. The van der Waals surface area contributed by atoms with Crippen LogP contribution >= 0.6 is 0 Å². The van der Waals surface area contributed by atoms with Crippen LogP contribution in [-0.2, 0) is 15.8 Å². The topological polar surface area (TPSA) is 80.8 Å². The summed E-state index contributed by atoms with van der Waals surface area (Å²) < 4.78 is 48.6. The molecule has 1 aromatic carbocycles. The molecule has 1 saturated heterocycles. The van der Waals surface area contributed by atoms with E-state index in [2.05, 4.69) is 10.3 Å². The maximum Gasteiger partial charge on any atom is 0.417 e. The minimum absolute atomic E-state index is 0.0402. The van der Waals surface area contributed by atoms with Gasteiger partial charge in [-0.25, -0.2) is 4.98 Å².